The van der Waals surface area contributed by atoms with E-state index in [1.54, 1.807) is 0 Å². The Balaban J connectivity index is 1.52. The maximum absolute atomic E-state index is 5.79. The Kier molecular flexibility index (Phi) is 4.93. The van der Waals surface area contributed by atoms with Crippen molar-refractivity contribution in [3.8, 4) is 0 Å². The smallest absolute Gasteiger partial charge is 0.0594 e. The first-order valence-electron chi connectivity index (χ1n) is 7.77. The van der Waals surface area contributed by atoms with Crippen molar-refractivity contribution in [1.82, 2.24) is 4.90 Å². The molecule has 0 amide bonds. The van der Waals surface area contributed by atoms with Gasteiger partial charge in [0.1, 0.15) is 0 Å². The van der Waals surface area contributed by atoms with Gasteiger partial charge < -0.3 is 15.8 Å². The number of benzene rings is 2. The van der Waals surface area contributed by atoms with Crippen LogP contribution in [-0.4, -0.2) is 31.2 Å². The fourth-order valence-electron chi connectivity index (χ4n) is 2.65. The fraction of sp³-hybridized carbons (Fsp3) is 0.333. The molecule has 1 fully saturated rings. The second-order valence-corrected chi connectivity index (χ2v) is 5.68. The van der Waals surface area contributed by atoms with Crippen LogP contribution in [0.4, 0.5) is 11.4 Å². The second kappa shape index (κ2) is 7.29. The summed E-state index contributed by atoms with van der Waals surface area (Å²) in [4.78, 5) is 2.43. The molecule has 0 aliphatic carbocycles. The van der Waals surface area contributed by atoms with Gasteiger partial charge in [0, 0.05) is 37.6 Å². The Labute approximate surface area is 131 Å². The molecule has 0 saturated carbocycles. The van der Waals surface area contributed by atoms with Crippen LogP contribution in [-0.2, 0) is 17.8 Å². The van der Waals surface area contributed by atoms with Gasteiger partial charge in [-0.15, -0.1) is 0 Å². The molecule has 22 heavy (non-hydrogen) atoms. The normalized spacial score (nSPS) is 15.6. The fourth-order valence-corrected chi connectivity index (χ4v) is 2.65. The molecule has 0 aromatic heterocycles. The van der Waals surface area contributed by atoms with Gasteiger partial charge in [0.05, 0.1) is 13.2 Å². The van der Waals surface area contributed by atoms with Crippen molar-refractivity contribution in [2.24, 2.45) is 0 Å². The first-order valence-corrected chi connectivity index (χ1v) is 7.77. The molecule has 1 heterocycles. The largest absolute Gasteiger partial charge is 0.399 e. The molecule has 0 unspecified atom stereocenters. The zero-order valence-corrected chi connectivity index (χ0v) is 12.8. The van der Waals surface area contributed by atoms with Gasteiger partial charge in [0.15, 0.2) is 0 Å². The molecule has 1 aliphatic heterocycles. The predicted octanol–water partition coefficient (Wildman–Crippen LogP) is 2.71. The second-order valence-electron chi connectivity index (χ2n) is 5.68. The number of anilines is 2. The van der Waals surface area contributed by atoms with Crippen LogP contribution in [0.1, 0.15) is 11.1 Å². The van der Waals surface area contributed by atoms with Gasteiger partial charge in [0.2, 0.25) is 0 Å². The average Bonchev–Trinajstić information content (AvgIpc) is 2.55. The molecule has 4 nitrogen and oxygen atoms in total. The summed E-state index contributed by atoms with van der Waals surface area (Å²) in [6.45, 7) is 5.53. The van der Waals surface area contributed by atoms with Gasteiger partial charge in [-0.2, -0.15) is 0 Å². The van der Waals surface area contributed by atoms with Gasteiger partial charge in [-0.3, -0.25) is 4.90 Å². The van der Waals surface area contributed by atoms with Crippen LogP contribution in [0.3, 0.4) is 0 Å². The van der Waals surface area contributed by atoms with E-state index in [2.05, 4.69) is 40.5 Å². The maximum Gasteiger partial charge on any atom is 0.0594 e. The average molecular weight is 297 g/mol. The number of nitrogens with one attached hydrogen (secondary N) is 1. The summed E-state index contributed by atoms with van der Waals surface area (Å²) in [7, 11) is 0. The Morgan fingerprint density at radius 3 is 2.50 bits per heavy atom. The van der Waals surface area contributed by atoms with Crippen LogP contribution >= 0.6 is 0 Å². The minimum absolute atomic E-state index is 0.786. The van der Waals surface area contributed by atoms with E-state index in [1.165, 1.54) is 11.1 Å². The molecule has 1 saturated heterocycles. The number of morpholine rings is 1. The van der Waals surface area contributed by atoms with Gasteiger partial charge in [-0.25, -0.2) is 0 Å². The molecule has 4 heteroatoms. The van der Waals surface area contributed by atoms with Crippen LogP contribution in [0.15, 0.2) is 48.5 Å². The quantitative estimate of drug-likeness (QED) is 0.833. The Hall–Kier alpha value is -2.04. The first-order chi connectivity index (χ1) is 10.8. The van der Waals surface area contributed by atoms with E-state index in [-0.39, 0.29) is 0 Å². The molecule has 0 spiro atoms. The molecule has 3 N–H and O–H groups in total. The third-order valence-electron chi connectivity index (χ3n) is 3.91. The highest BCUT2D eigenvalue weighted by atomic mass is 16.5. The molecule has 1 aliphatic rings. The number of nitrogens with zero attached hydrogens (tertiary/aromatic N) is 1. The van der Waals surface area contributed by atoms with E-state index in [0.717, 1.165) is 50.8 Å². The highest BCUT2D eigenvalue weighted by molar-refractivity contribution is 5.47. The maximum atomic E-state index is 5.79. The van der Waals surface area contributed by atoms with E-state index in [0.29, 0.717) is 0 Å². The summed E-state index contributed by atoms with van der Waals surface area (Å²) in [6, 6.07) is 16.6. The van der Waals surface area contributed by atoms with E-state index in [1.807, 2.05) is 18.2 Å². The molecule has 2 aromatic carbocycles. The van der Waals surface area contributed by atoms with Crippen LogP contribution < -0.4 is 11.1 Å². The zero-order chi connectivity index (χ0) is 15.2. The van der Waals surface area contributed by atoms with E-state index in [9.17, 15) is 0 Å². The van der Waals surface area contributed by atoms with E-state index >= 15 is 0 Å². The highest BCUT2D eigenvalue weighted by Crippen LogP contribution is 2.14. The lowest BCUT2D eigenvalue weighted by atomic mass is 10.1. The molecule has 3 rings (SSSR count). The summed E-state index contributed by atoms with van der Waals surface area (Å²) in [5.74, 6) is 0. The predicted molar refractivity (Wildman–Crippen MR) is 90.7 cm³/mol. The van der Waals surface area contributed by atoms with E-state index < -0.39 is 0 Å². The van der Waals surface area contributed by atoms with Crippen molar-refractivity contribution in [2.45, 2.75) is 13.1 Å². The zero-order valence-electron chi connectivity index (χ0n) is 12.8. The van der Waals surface area contributed by atoms with Crippen LogP contribution in [0.25, 0.3) is 0 Å². The molecular weight excluding hydrogens is 274 g/mol. The number of hydrogen-bond donors (Lipinski definition) is 2. The number of ether oxygens (including phenoxy) is 1. The number of nitrogens with two attached hydrogens (primary N) is 1. The third-order valence-corrected chi connectivity index (χ3v) is 3.91. The number of nitrogen functional groups attached to an aromatic ring is 1. The van der Waals surface area contributed by atoms with Crippen molar-refractivity contribution in [3.05, 3.63) is 59.7 Å². The lowest BCUT2D eigenvalue weighted by molar-refractivity contribution is 0.0342. The summed E-state index contributed by atoms with van der Waals surface area (Å²) in [5.41, 5.74) is 10.3. The summed E-state index contributed by atoms with van der Waals surface area (Å²) < 4.78 is 5.38. The van der Waals surface area contributed by atoms with Crippen LogP contribution in [0, 0.1) is 0 Å². The Morgan fingerprint density at radius 2 is 1.77 bits per heavy atom. The first kappa shape index (κ1) is 14.9. The lowest BCUT2D eigenvalue weighted by Gasteiger charge is -2.26. The molecule has 116 valence electrons. The molecule has 2 aromatic rings. The molecule has 0 radical (unpaired) electrons. The summed E-state index contributed by atoms with van der Waals surface area (Å²) >= 11 is 0. The minimum atomic E-state index is 0.786. The molecular formula is C18H23N3O. The van der Waals surface area contributed by atoms with Crippen LogP contribution in [0.5, 0.6) is 0 Å². The standard InChI is InChI=1S/C18H23N3O/c19-17-3-1-2-16(12-17)13-20-18-6-4-15(5-7-18)14-21-8-10-22-11-9-21/h1-7,12,20H,8-11,13-14,19H2. The van der Waals surface area contributed by atoms with Gasteiger partial charge in [-0.1, -0.05) is 24.3 Å². The van der Waals surface area contributed by atoms with Gasteiger partial charge in [0.25, 0.3) is 0 Å². The summed E-state index contributed by atoms with van der Waals surface area (Å²) in [6.07, 6.45) is 0. The Morgan fingerprint density at radius 1 is 1.00 bits per heavy atom. The monoisotopic (exact) mass is 297 g/mol. The Bertz CT molecular complexity index is 592. The van der Waals surface area contributed by atoms with E-state index in [4.69, 9.17) is 10.5 Å². The van der Waals surface area contributed by atoms with Gasteiger partial charge >= 0.3 is 0 Å². The SMILES string of the molecule is Nc1cccc(CNc2ccc(CN3CCOCC3)cc2)c1. The topological polar surface area (TPSA) is 50.5 Å². The third kappa shape index (κ3) is 4.23. The molecule has 0 atom stereocenters. The number of hydrogen-bond acceptors (Lipinski definition) is 4. The minimum Gasteiger partial charge on any atom is -0.399 e. The highest BCUT2D eigenvalue weighted by Gasteiger charge is 2.10. The van der Waals surface area contributed by atoms with Crippen molar-refractivity contribution in [2.75, 3.05) is 37.4 Å². The summed E-state index contributed by atoms with van der Waals surface area (Å²) in [5, 5.41) is 3.43. The van der Waals surface area contributed by atoms with Crippen molar-refractivity contribution < 1.29 is 4.74 Å². The van der Waals surface area contributed by atoms with Crippen molar-refractivity contribution in [3.63, 3.8) is 0 Å². The van der Waals surface area contributed by atoms with Crippen molar-refractivity contribution in [1.29, 1.82) is 0 Å². The number of rotatable bonds is 5. The van der Waals surface area contributed by atoms with Crippen molar-refractivity contribution >= 4 is 11.4 Å². The molecule has 0 bridgehead atoms. The van der Waals surface area contributed by atoms with Gasteiger partial charge in [-0.05, 0) is 35.4 Å². The lowest BCUT2D eigenvalue weighted by Crippen LogP contribution is -2.35. The van der Waals surface area contributed by atoms with Crippen LogP contribution in [0.2, 0.25) is 0 Å².